The Bertz CT molecular complexity index is 1130. The lowest BCUT2D eigenvalue weighted by molar-refractivity contribution is -0.129. The highest BCUT2D eigenvalue weighted by Crippen LogP contribution is 2.29. The van der Waals surface area contributed by atoms with E-state index in [2.05, 4.69) is 9.84 Å². The Morgan fingerprint density at radius 3 is 2.53 bits per heavy atom. The molecule has 1 heterocycles. The third-order valence-electron chi connectivity index (χ3n) is 4.64. The minimum absolute atomic E-state index is 0.00878. The van der Waals surface area contributed by atoms with Crippen LogP contribution in [0.15, 0.2) is 47.3 Å². The lowest BCUT2D eigenvalue weighted by atomic mass is 10.1. The first kappa shape index (κ1) is 21.2. The van der Waals surface area contributed by atoms with E-state index in [1.807, 2.05) is 0 Å². The standard InChI is InChI=1S/C21H21F2N3O4/c1-25(12-13-8-9-17(30-21(22)23)18(10-13)29-3)19(27)11-16-14-6-4-5-7-15(14)20(28)26(2)24-16/h4-10,21H,11-12H2,1-3H3. The van der Waals surface area contributed by atoms with E-state index in [4.69, 9.17) is 4.74 Å². The van der Waals surface area contributed by atoms with Crippen molar-refractivity contribution < 1.29 is 23.0 Å². The second-order valence-corrected chi connectivity index (χ2v) is 6.71. The number of carbonyl (C=O) groups excluding carboxylic acids is 1. The van der Waals surface area contributed by atoms with Crippen LogP contribution in [-0.4, -0.2) is 41.4 Å². The largest absolute Gasteiger partial charge is 0.493 e. The summed E-state index contributed by atoms with van der Waals surface area (Å²) in [4.78, 5) is 26.5. The molecule has 0 aliphatic heterocycles. The van der Waals surface area contributed by atoms with Crippen LogP contribution in [0, 0.1) is 0 Å². The summed E-state index contributed by atoms with van der Waals surface area (Å²) in [5.41, 5.74) is 0.957. The number of alkyl halides is 2. The molecule has 7 nitrogen and oxygen atoms in total. The van der Waals surface area contributed by atoms with Gasteiger partial charge in [-0.15, -0.1) is 0 Å². The molecule has 1 amide bonds. The minimum atomic E-state index is -2.96. The Hall–Kier alpha value is -3.49. The fourth-order valence-electron chi connectivity index (χ4n) is 3.15. The highest BCUT2D eigenvalue weighted by atomic mass is 19.3. The number of rotatable bonds is 7. The molecule has 0 bridgehead atoms. The van der Waals surface area contributed by atoms with Crippen molar-refractivity contribution in [1.29, 1.82) is 0 Å². The van der Waals surface area contributed by atoms with E-state index in [9.17, 15) is 18.4 Å². The Kier molecular flexibility index (Phi) is 6.29. The normalized spacial score (nSPS) is 11.0. The highest BCUT2D eigenvalue weighted by molar-refractivity contribution is 5.88. The summed E-state index contributed by atoms with van der Waals surface area (Å²) in [6.45, 7) is -2.73. The molecule has 9 heteroatoms. The molecule has 0 N–H and O–H groups in total. The molecule has 3 aromatic rings. The van der Waals surface area contributed by atoms with E-state index in [-0.39, 0.29) is 35.9 Å². The summed E-state index contributed by atoms with van der Waals surface area (Å²) < 4.78 is 35.7. The van der Waals surface area contributed by atoms with Gasteiger partial charge in [-0.25, -0.2) is 4.68 Å². The number of fused-ring (bicyclic) bond motifs is 1. The van der Waals surface area contributed by atoms with Gasteiger partial charge < -0.3 is 14.4 Å². The Morgan fingerprint density at radius 2 is 1.87 bits per heavy atom. The van der Waals surface area contributed by atoms with Gasteiger partial charge in [0, 0.05) is 26.0 Å². The molecule has 30 heavy (non-hydrogen) atoms. The van der Waals surface area contributed by atoms with Gasteiger partial charge in [-0.2, -0.15) is 13.9 Å². The van der Waals surface area contributed by atoms with Crippen LogP contribution in [0.2, 0.25) is 0 Å². The first-order chi connectivity index (χ1) is 14.3. The van der Waals surface area contributed by atoms with Gasteiger partial charge >= 0.3 is 6.61 Å². The minimum Gasteiger partial charge on any atom is -0.493 e. The van der Waals surface area contributed by atoms with Crippen LogP contribution in [0.1, 0.15) is 11.3 Å². The quantitative estimate of drug-likeness (QED) is 0.591. The number of aromatic nitrogens is 2. The molecule has 0 saturated heterocycles. The number of halogens is 2. The molecule has 158 valence electrons. The van der Waals surface area contributed by atoms with E-state index in [1.54, 1.807) is 50.5 Å². The molecule has 0 unspecified atom stereocenters. The maximum absolute atomic E-state index is 12.8. The van der Waals surface area contributed by atoms with Crippen molar-refractivity contribution in [2.75, 3.05) is 14.2 Å². The number of amides is 1. The van der Waals surface area contributed by atoms with E-state index in [0.29, 0.717) is 22.0 Å². The van der Waals surface area contributed by atoms with Gasteiger partial charge in [-0.3, -0.25) is 9.59 Å². The number of benzene rings is 2. The van der Waals surface area contributed by atoms with Crippen LogP contribution in [0.4, 0.5) is 8.78 Å². The molecule has 0 spiro atoms. The number of nitrogens with zero attached hydrogens (tertiary/aromatic N) is 3. The molecular weight excluding hydrogens is 396 g/mol. The van der Waals surface area contributed by atoms with Crippen molar-refractivity contribution in [2.24, 2.45) is 7.05 Å². The molecule has 1 aromatic heterocycles. The van der Waals surface area contributed by atoms with E-state index >= 15 is 0 Å². The average Bonchev–Trinajstić information content (AvgIpc) is 2.72. The summed E-state index contributed by atoms with van der Waals surface area (Å²) >= 11 is 0. The smallest absolute Gasteiger partial charge is 0.387 e. The molecule has 0 saturated carbocycles. The zero-order valence-corrected chi connectivity index (χ0v) is 16.8. The number of aryl methyl sites for hydroxylation is 1. The van der Waals surface area contributed by atoms with Gasteiger partial charge in [0.25, 0.3) is 5.56 Å². The monoisotopic (exact) mass is 417 g/mol. The summed E-state index contributed by atoms with van der Waals surface area (Å²) in [5, 5.41) is 5.38. The Balaban J connectivity index is 1.78. The third-order valence-corrected chi connectivity index (χ3v) is 4.64. The van der Waals surface area contributed by atoms with E-state index in [0.717, 1.165) is 0 Å². The number of hydrogen-bond donors (Lipinski definition) is 0. The fourth-order valence-corrected chi connectivity index (χ4v) is 3.15. The van der Waals surface area contributed by atoms with Crippen molar-refractivity contribution in [3.05, 3.63) is 64.1 Å². The van der Waals surface area contributed by atoms with Gasteiger partial charge in [-0.05, 0) is 23.8 Å². The van der Waals surface area contributed by atoms with Crippen LogP contribution < -0.4 is 15.0 Å². The number of carbonyl (C=O) groups is 1. The highest BCUT2D eigenvalue weighted by Gasteiger charge is 2.17. The number of ether oxygens (including phenoxy) is 2. The molecular formula is C21H21F2N3O4. The molecule has 0 aliphatic carbocycles. The predicted molar refractivity (Wildman–Crippen MR) is 107 cm³/mol. The molecule has 3 rings (SSSR count). The number of methoxy groups -OCH3 is 1. The van der Waals surface area contributed by atoms with Crippen LogP contribution in [0.5, 0.6) is 11.5 Å². The lowest BCUT2D eigenvalue weighted by Gasteiger charge is -2.19. The Labute approximate surface area is 171 Å². The van der Waals surface area contributed by atoms with Crippen LogP contribution in [0.25, 0.3) is 10.8 Å². The van der Waals surface area contributed by atoms with Crippen molar-refractivity contribution in [2.45, 2.75) is 19.6 Å². The maximum Gasteiger partial charge on any atom is 0.387 e. The van der Waals surface area contributed by atoms with E-state index in [1.165, 1.54) is 22.8 Å². The summed E-state index contributed by atoms with van der Waals surface area (Å²) in [6, 6.07) is 11.5. The summed E-state index contributed by atoms with van der Waals surface area (Å²) in [6.07, 6.45) is 0.00878. The first-order valence-electron chi connectivity index (χ1n) is 9.10. The molecule has 0 aliphatic rings. The van der Waals surface area contributed by atoms with Gasteiger partial charge in [0.05, 0.1) is 24.6 Å². The second kappa shape index (κ2) is 8.89. The van der Waals surface area contributed by atoms with Gasteiger partial charge in [0.2, 0.25) is 5.91 Å². The van der Waals surface area contributed by atoms with Crippen molar-refractivity contribution in [3.63, 3.8) is 0 Å². The predicted octanol–water partition coefficient (Wildman–Crippen LogP) is 2.74. The summed E-state index contributed by atoms with van der Waals surface area (Å²) in [7, 11) is 4.52. The Morgan fingerprint density at radius 1 is 1.17 bits per heavy atom. The fraction of sp³-hybridized carbons (Fsp3) is 0.286. The topological polar surface area (TPSA) is 73.7 Å². The van der Waals surface area contributed by atoms with E-state index < -0.39 is 6.61 Å². The molecule has 2 aromatic carbocycles. The van der Waals surface area contributed by atoms with Crippen LogP contribution in [0.3, 0.4) is 0 Å². The van der Waals surface area contributed by atoms with Gasteiger partial charge in [0.15, 0.2) is 11.5 Å². The molecule has 0 atom stereocenters. The second-order valence-electron chi connectivity index (χ2n) is 6.71. The molecule has 0 fully saturated rings. The maximum atomic E-state index is 12.8. The third kappa shape index (κ3) is 4.56. The van der Waals surface area contributed by atoms with Crippen LogP contribution in [-0.2, 0) is 24.8 Å². The first-order valence-corrected chi connectivity index (χ1v) is 9.10. The van der Waals surface area contributed by atoms with Crippen LogP contribution >= 0.6 is 0 Å². The average molecular weight is 417 g/mol. The zero-order valence-electron chi connectivity index (χ0n) is 16.8. The summed E-state index contributed by atoms with van der Waals surface area (Å²) in [5.74, 6) is -0.136. The SMILES string of the molecule is COc1cc(CN(C)C(=O)Cc2nn(C)c(=O)c3ccccc23)ccc1OC(F)F. The van der Waals surface area contributed by atoms with Gasteiger partial charge in [-0.1, -0.05) is 24.3 Å². The number of likely N-dealkylation sites (N-methyl/N-ethyl adjacent to an activating group) is 1. The lowest BCUT2D eigenvalue weighted by Crippen LogP contribution is -2.29. The van der Waals surface area contributed by atoms with Crippen molar-refractivity contribution in [1.82, 2.24) is 14.7 Å². The molecule has 0 radical (unpaired) electrons. The van der Waals surface area contributed by atoms with Crippen molar-refractivity contribution in [3.8, 4) is 11.5 Å². The number of hydrogen-bond acceptors (Lipinski definition) is 5. The zero-order chi connectivity index (χ0) is 21.8. The van der Waals surface area contributed by atoms with Crippen molar-refractivity contribution >= 4 is 16.7 Å². The van der Waals surface area contributed by atoms with Gasteiger partial charge in [0.1, 0.15) is 0 Å².